The molecule has 1 N–H and O–H groups in total. The maximum absolute atomic E-state index is 4.97. The van der Waals surface area contributed by atoms with Gasteiger partial charge < -0.3 is 10.1 Å². The molecule has 0 radical (unpaired) electrons. The molecule has 0 aliphatic heterocycles. The van der Waals surface area contributed by atoms with Gasteiger partial charge in [-0.25, -0.2) is 0 Å². The lowest BCUT2D eigenvalue weighted by atomic mass is 10.1. The van der Waals surface area contributed by atoms with Gasteiger partial charge in [0.2, 0.25) is 0 Å². The molecule has 98 valence electrons. The van der Waals surface area contributed by atoms with Gasteiger partial charge in [0.1, 0.15) is 0 Å². The fourth-order valence-electron chi connectivity index (χ4n) is 1.86. The molecule has 0 saturated heterocycles. The molecule has 2 nitrogen and oxygen atoms in total. The highest BCUT2D eigenvalue weighted by atomic mass is 16.5. The number of nitrogens with one attached hydrogen (secondary N) is 1. The predicted molar refractivity (Wildman–Crippen MR) is 72.0 cm³/mol. The molecule has 0 aromatic carbocycles. The van der Waals surface area contributed by atoms with E-state index in [1.807, 2.05) is 0 Å². The van der Waals surface area contributed by atoms with Crippen LogP contribution in [0.3, 0.4) is 0 Å². The highest BCUT2D eigenvalue weighted by Gasteiger charge is 1.92. The van der Waals surface area contributed by atoms with Crippen molar-refractivity contribution in [2.45, 2.75) is 64.7 Å². The summed E-state index contributed by atoms with van der Waals surface area (Å²) >= 11 is 0. The minimum absolute atomic E-state index is 0.831. The Hall–Kier alpha value is -0.0800. The Bertz CT molecular complexity index is 103. The minimum Gasteiger partial charge on any atom is -0.383 e. The fourth-order valence-corrected chi connectivity index (χ4v) is 1.86. The van der Waals surface area contributed by atoms with Crippen molar-refractivity contribution in [3.8, 4) is 0 Å². The van der Waals surface area contributed by atoms with Crippen molar-refractivity contribution >= 4 is 0 Å². The van der Waals surface area contributed by atoms with Crippen LogP contribution in [-0.2, 0) is 4.74 Å². The zero-order valence-electron chi connectivity index (χ0n) is 11.4. The molecule has 0 spiro atoms. The summed E-state index contributed by atoms with van der Waals surface area (Å²) in [5, 5.41) is 3.38. The number of rotatable bonds is 13. The van der Waals surface area contributed by atoms with Crippen LogP contribution in [0.4, 0.5) is 0 Å². The molecule has 16 heavy (non-hydrogen) atoms. The average molecular weight is 229 g/mol. The first-order valence-corrected chi connectivity index (χ1v) is 7.11. The molecule has 2 heteroatoms. The molecule has 0 aromatic heterocycles. The fraction of sp³-hybridized carbons (Fsp3) is 1.00. The number of hydrogen-bond acceptors (Lipinski definition) is 2. The van der Waals surface area contributed by atoms with E-state index in [0.29, 0.717) is 0 Å². The Morgan fingerprint density at radius 2 is 1.31 bits per heavy atom. The van der Waals surface area contributed by atoms with Gasteiger partial charge in [-0.3, -0.25) is 0 Å². The van der Waals surface area contributed by atoms with Crippen LogP contribution in [-0.4, -0.2) is 26.8 Å². The van der Waals surface area contributed by atoms with Crippen LogP contribution in [0.2, 0.25) is 0 Å². The van der Waals surface area contributed by atoms with E-state index in [1.54, 1.807) is 7.11 Å². The van der Waals surface area contributed by atoms with E-state index in [0.717, 1.165) is 19.7 Å². The van der Waals surface area contributed by atoms with E-state index in [-0.39, 0.29) is 0 Å². The normalized spacial score (nSPS) is 10.9. The molecule has 0 rings (SSSR count). The van der Waals surface area contributed by atoms with Gasteiger partial charge in [-0.1, -0.05) is 58.3 Å². The monoisotopic (exact) mass is 229 g/mol. The van der Waals surface area contributed by atoms with Gasteiger partial charge in [0.25, 0.3) is 0 Å². The zero-order valence-corrected chi connectivity index (χ0v) is 11.4. The van der Waals surface area contributed by atoms with Crippen molar-refractivity contribution in [3.63, 3.8) is 0 Å². The van der Waals surface area contributed by atoms with E-state index in [9.17, 15) is 0 Å². The van der Waals surface area contributed by atoms with Crippen molar-refractivity contribution in [1.29, 1.82) is 0 Å². The first-order valence-electron chi connectivity index (χ1n) is 7.11. The molecular formula is C14H31NO. The summed E-state index contributed by atoms with van der Waals surface area (Å²) in [5.74, 6) is 0. The van der Waals surface area contributed by atoms with Crippen LogP contribution in [0.5, 0.6) is 0 Å². The van der Waals surface area contributed by atoms with Crippen LogP contribution >= 0.6 is 0 Å². The number of hydrogen-bond donors (Lipinski definition) is 1. The zero-order chi connectivity index (χ0) is 11.9. The smallest absolute Gasteiger partial charge is 0.0587 e. The standard InChI is InChI=1S/C14H31NO/c1-3-4-5-6-7-8-9-10-11-12-15-13-14-16-2/h15H,3-14H2,1-2H3. The Balaban J connectivity index is 2.83. The first-order chi connectivity index (χ1) is 7.91. The van der Waals surface area contributed by atoms with E-state index < -0.39 is 0 Å². The van der Waals surface area contributed by atoms with Crippen LogP contribution in [0, 0.1) is 0 Å². The van der Waals surface area contributed by atoms with E-state index >= 15 is 0 Å². The van der Waals surface area contributed by atoms with E-state index in [2.05, 4.69) is 12.2 Å². The SMILES string of the molecule is CCCCCCCCCCCNCCOC. The highest BCUT2D eigenvalue weighted by molar-refractivity contribution is 4.50. The summed E-state index contributed by atoms with van der Waals surface area (Å²) in [4.78, 5) is 0. The molecule has 0 fully saturated rings. The molecule has 0 unspecified atom stereocenters. The lowest BCUT2D eigenvalue weighted by Gasteiger charge is -2.04. The third-order valence-corrected chi connectivity index (χ3v) is 2.94. The minimum atomic E-state index is 0.831. The van der Waals surface area contributed by atoms with Crippen molar-refractivity contribution in [3.05, 3.63) is 0 Å². The number of unbranched alkanes of at least 4 members (excludes halogenated alkanes) is 8. The summed E-state index contributed by atoms with van der Waals surface area (Å²) in [5.41, 5.74) is 0. The molecule has 0 bridgehead atoms. The molecule has 0 aliphatic carbocycles. The van der Waals surface area contributed by atoms with Gasteiger partial charge in [0.05, 0.1) is 6.61 Å². The Labute approximate surface area is 102 Å². The maximum atomic E-state index is 4.97. The molecule has 0 aromatic rings. The molecule has 0 amide bonds. The van der Waals surface area contributed by atoms with Crippen molar-refractivity contribution in [1.82, 2.24) is 5.32 Å². The lowest BCUT2D eigenvalue weighted by molar-refractivity contribution is 0.199. The molecule has 0 atom stereocenters. The molecule has 0 heterocycles. The Morgan fingerprint density at radius 3 is 1.88 bits per heavy atom. The lowest BCUT2D eigenvalue weighted by Crippen LogP contribution is -2.20. The van der Waals surface area contributed by atoms with Crippen molar-refractivity contribution in [2.24, 2.45) is 0 Å². The summed E-state index contributed by atoms with van der Waals surface area (Å²) in [6, 6.07) is 0. The summed E-state index contributed by atoms with van der Waals surface area (Å²) in [6.45, 7) is 5.25. The quantitative estimate of drug-likeness (QED) is 0.486. The van der Waals surface area contributed by atoms with Crippen molar-refractivity contribution < 1.29 is 4.74 Å². The average Bonchev–Trinajstić information content (AvgIpc) is 2.31. The van der Waals surface area contributed by atoms with Crippen LogP contribution in [0.15, 0.2) is 0 Å². The third-order valence-electron chi connectivity index (χ3n) is 2.94. The Kier molecular flexibility index (Phi) is 14.8. The predicted octanol–water partition coefficient (Wildman–Crippen LogP) is 3.75. The van der Waals surface area contributed by atoms with Gasteiger partial charge in [-0.05, 0) is 13.0 Å². The van der Waals surface area contributed by atoms with Gasteiger partial charge in [0, 0.05) is 13.7 Å². The number of methoxy groups -OCH3 is 1. The van der Waals surface area contributed by atoms with Crippen molar-refractivity contribution in [2.75, 3.05) is 26.8 Å². The van der Waals surface area contributed by atoms with Gasteiger partial charge in [-0.15, -0.1) is 0 Å². The summed E-state index contributed by atoms with van der Waals surface area (Å²) in [7, 11) is 1.75. The topological polar surface area (TPSA) is 21.3 Å². The third kappa shape index (κ3) is 13.9. The molecule has 0 saturated carbocycles. The summed E-state index contributed by atoms with van der Waals surface area (Å²) in [6.07, 6.45) is 12.6. The van der Waals surface area contributed by atoms with E-state index in [4.69, 9.17) is 4.74 Å². The maximum Gasteiger partial charge on any atom is 0.0587 e. The van der Waals surface area contributed by atoms with Crippen LogP contribution in [0.25, 0.3) is 0 Å². The molecular weight excluding hydrogens is 198 g/mol. The largest absolute Gasteiger partial charge is 0.383 e. The van der Waals surface area contributed by atoms with Gasteiger partial charge in [0.15, 0.2) is 0 Å². The van der Waals surface area contributed by atoms with E-state index in [1.165, 1.54) is 57.8 Å². The molecule has 0 aliphatic rings. The summed E-state index contributed by atoms with van der Waals surface area (Å²) < 4.78 is 4.97. The van der Waals surface area contributed by atoms with Crippen LogP contribution < -0.4 is 5.32 Å². The second kappa shape index (κ2) is 14.9. The van der Waals surface area contributed by atoms with Gasteiger partial charge in [-0.2, -0.15) is 0 Å². The number of ether oxygens (including phenoxy) is 1. The van der Waals surface area contributed by atoms with Gasteiger partial charge >= 0.3 is 0 Å². The first kappa shape index (κ1) is 15.9. The highest BCUT2D eigenvalue weighted by Crippen LogP contribution is 2.08. The second-order valence-corrected chi connectivity index (χ2v) is 4.57. The Morgan fingerprint density at radius 1 is 0.750 bits per heavy atom. The van der Waals surface area contributed by atoms with Crippen LogP contribution in [0.1, 0.15) is 64.7 Å². The second-order valence-electron chi connectivity index (χ2n) is 4.57.